The van der Waals surface area contributed by atoms with Crippen molar-refractivity contribution in [3.63, 3.8) is 0 Å². The first-order valence-corrected chi connectivity index (χ1v) is 7.88. The Hall–Kier alpha value is -1.47. The number of hydrogen-bond donors (Lipinski definition) is 2. The number of benzene rings is 1. The lowest BCUT2D eigenvalue weighted by atomic mass is 10.1. The lowest BCUT2D eigenvalue weighted by molar-refractivity contribution is -0.137. The first kappa shape index (κ1) is 17.9. The van der Waals surface area contributed by atoms with Gasteiger partial charge in [-0.05, 0) is 44.1 Å². The van der Waals surface area contributed by atoms with Crippen molar-refractivity contribution in [1.29, 1.82) is 0 Å². The fourth-order valence-corrected chi connectivity index (χ4v) is 2.64. The van der Waals surface area contributed by atoms with E-state index in [1.165, 1.54) is 6.42 Å². The zero-order valence-corrected chi connectivity index (χ0v) is 13.3. The summed E-state index contributed by atoms with van der Waals surface area (Å²) in [5.74, 6) is 0. The molecule has 0 bridgehead atoms. The minimum atomic E-state index is -4.48. The molecule has 8 heteroatoms. The number of alkyl halides is 3. The van der Waals surface area contributed by atoms with Crippen LogP contribution in [0.5, 0.6) is 0 Å². The van der Waals surface area contributed by atoms with Crippen LogP contribution in [0.4, 0.5) is 23.7 Å². The summed E-state index contributed by atoms with van der Waals surface area (Å²) in [4.78, 5) is 14.0. The molecule has 1 heterocycles. The van der Waals surface area contributed by atoms with Gasteiger partial charge in [0.25, 0.3) is 0 Å². The molecule has 1 aromatic carbocycles. The molecule has 4 nitrogen and oxygen atoms in total. The van der Waals surface area contributed by atoms with Crippen LogP contribution in [0, 0.1) is 0 Å². The van der Waals surface area contributed by atoms with Crippen LogP contribution in [0.25, 0.3) is 0 Å². The number of urea groups is 1. The Kier molecular flexibility index (Phi) is 6.12. The number of hydrogen-bond acceptors (Lipinski definition) is 2. The first-order chi connectivity index (χ1) is 10.9. The number of piperidine rings is 1. The van der Waals surface area contributed by atoms with Crippen molar-refractivity contribution in [1.82, 2.24) is 10.2 Å². The molecule has 2 N–H and O–H groups in total. The standard InChI is InChI=1S/C15H19ClF3N3O/c16-12-5-4-11(15(17,18)19)10-13(12)21-14(23)20-6-9-22-7-2-1-3-8-22/h4-5,10H,1-3,6-9H2,(H2,20,21,23). The summed E-state index contributed by atoms with van der Waals surface area (Å²) in [5, 5.41) is 5.05. The average molecular weight is 350 g/mol. The summed E-state index contributed by atoms with van der Waals surface area (Å²) >= 11 is 5.83. The molecule has 1 aliphatic heterocycles. The minimum absolute atomic E-state index is 0.0584. The maximum Gasteiger partial charge on any atom is 0.416 e. The molecule has 0 saturated carbocycles. The normalized spacial score (nSPS) is 16.2. The molecule has 0 radical (unpaired) electrons. The van der Waals surface area contributed by atoms with E-state index in [4.69, 9.17) is 11.6 Å². The van der Waals surface area contributed by atoms with Gasteiger partial charge in [-0.1, -0.05) is 18.0 Å². The number of carbonyl (C=O) groups excluding carboxylic acids is 1. The Bertz CT molecular complexity index is 545. The van der Waals surface area contributed by atoms with Gasteiger partial charge in [0, 0.05) is 13.1 Å². The molecule has 0 unspecified atom stereocenters. The molecule has 1 saturated heterocycles. The number of nitrogens with one attached hydrogen (secondary N) is 2. The summed E-state index contributed by atoms with van der Waals surface area (Å²) in [6.45, 7) is 3.19. The van der Waals surface area contributed by atoms with Crippen LogP contribution in [0.3, 0.4) is 0 Å². The van der Waals surface area contributed by atoms with Crippen LogP contribution in [0.1, 0.15) is 24.8 Å². The third-order valence-corrected chi connectivity index (χ3v) is 4.03. The van der Waals surface area contributed by atoms with Gasteiger partial charge in [0.15, 0.2) is 0 Å². The fraction of sp³-hybridized carbons (Fsp3) is 0.533. The monoisotopic (exact) mass is 349 g/mol. The van der Waals surface area contributed by atoms with Crippen molar-refractivity contribution in [3.8, 4) is 0 Å². The highest BCUT2D eigenvalue weighted by Gasteiger charge is 2.31. The molecule has 1 fully saturated rings. The molecule has 0 aliphatic carbocycles. The molecule has 0 spiro atoms. The van der Waals surface area contributed by atoms with Crippen molar-refractivity contribution in [2.45, 2.75) is 25.4 Å². The molecule has 0 atom stereocenters. The van der Waals surface area contributed by atoms with Gasteiger partial charge in [-0.2, -0.15) is 13.2 Å². The molecule has 2 rings (SSSR count). The predicted molar refractivity (Wildman–Crippen MR) is 83.8 cm³/mol. The summed E-state index contributed by atoms with van der Waals surface area (Å²) in [7, 11) is 0. The number of halogens is 4. The Labute approximate surface area is 138 Å². The van der Waals surface area contributed by atoms with Crippen molar-refractivity contribution in [2.24, 2.45) is 0 Å². The van der Waals surface area contributed by atoms with Crippen LogP contribution in [-0.4, -0.2) is 37.1 Å². The van der Waals surface area contributed by atoms with Gasteiger partial charge < -0.3 is 15.5 Å². The lowest BCUT2D eigenvalue weighted by Crippen LogP contribution is -2.39. The maximum atomic E-state index is 12.7. The van der Waals surface area contributed by atoms with E-state index in [1.54, 1.807) is 0 Å². The van der Waals surface area contributed by atoms with Crippen LogP contribution < -0.4 is 10.6 Å². The van der Waals surface area contributed by atoms with Crippen molar-refractivity contribution in [3.05, 3.63) is 28.8 Å². The molecule has 23 heavy (non-hydrogen) atoms. The van der Waals surface area contributed by atoms with Crippen LogP contribution in [-0.2, 0) is 6.18 Å². The largest absolute Gasteiger partial charge is 0.416 e. The zero-order valence-electron chi connectivity index (χ0n) is 12.5. The fourth-order valence-electron chi connectivity index (χ4n) is 2.47. The number of rotatable bonds is 4. The van der Waals surface area contributed by atoms with Gasteiger partial charge in [0.2, 0.25) is 0 Å². The van der Waals surface area contributed by atoms with Crippen molar-refractivity contribution in [2.75, 3.05) is 31.5 Å². The van der Waals surface area contributed by atoms with E-state index in [9.17, 15) is 18.0 Å². The molecule has 2 amide bonds. The second kappa shape index (κ2) is 7.88. The zero-order chi connectivity index (χ0) is 16.9. The van der Waals surface area contributed by atoms with E-state index in [0.717, 1.165) is 50.7 Å². The predicted octanol–water partition coefficient (Wildman–Crippen LogP) is 3.97. The van der Waals surface area contributed by atoms with Crippen molar-refractivity contribution < 1.29 is 18.0 Å². The number of amides is 2. The van der Waals surface area contributed by atoms with Gasteiger partial charge in [-0.25, -0.2) is 4.79 Å². The molecule has 1 aliphatic rings. The van der Waals surface area contributed by atoms with E-state index in [0.29, 0.717) is 6.54 Å². The summed E-state index contributed by atoms with van der Waals surface area (Å²) in [5.41, 5.74) is -0.914. The van der Waals surface area contributed by atoms with Crippen LogP contribution in [0.2, 0.25) is 5.02 Å². The van der Waals surface area contributed by atoms with E-state index < -0.39 is 17.8 Å². The summed E-state index contributed by atoms with van der Waals surface area (Å²) in [6.07, 6.45) is -0.928. The van der Waals surface area contributed by atoms with E-state index >= 15 is 0 Å². The highest BCUT2D eigenvalue weighted by molar-refractivity contribution is 6.33. The SMILES string of the molecule is O=C(NCCN1CCCCC1)Nc1cc(C(F)(F)F)ccc1Cl. The molecule has 0 aromatic heterocycles. The van der Waals surface area contributed by atoms with Crippen LogP contribution in [0.15, 0.2) is 18.2 Å². The number of anilines is 1. The summed E-state index contributed by atoms with van der Waals surface area (Å²) in [6, 6.07) is 2.26. The average Bonchev–Trinajstić information content (AvgIpc) is 2.49. The van der Waals surface area contributed by atoms with Gasteiger partial charge in [0.1, 0.15) is 0 Å². The number of nitrogens with zero attached hydrogens (tertiary/aromatic N) is 1. The molecule has 128 valence electrons. The van der Waals surface area contributed by atoms with Crippen molar-refractivity contribution >= 4 is 23.3 Å². The second-order valence-corrected chi connectivity index (χ2v) is 5.88. The quantitative estimate of drug-likeness (QED) is 0.864. The molecule has 1 aromatic rings. The smallest absolute Gasteiger partial charge is 0.337 e. The van der Waals surface area contributed by atoms with E-state index in [1.807, 2.05) is 0 Å². The molecular weight excluding hydrogens is 331 g/mol. The molecular formula is C15H19ClF3N3O. The summed E-state index contributed by atoms with van der Waals surface area (Å²) < 4.78 is 38.0. The van der Waals surface area contributed by atoms with E-state index in [2.05, 4.69) is 15.5 Å². The highest BCUT2D eigenvalue weighted by Crippen LogP contribution is 2.33. The van der Waals surface area contributed by atoms with Crippen LogP contribution >= 0.6 is 11.6 Å². The topological polar surface area (TPSA) is 44.4 Å². The second-order valence-electron chi connectivity index (χ2n) is 5.48. The van der Waals surface area contributed by atoms with Gasteiger partial charge in [-0.3, -0.25) is 0 Å². The number of likely N-dealkylation sites (tertiary alicyclic amines) is 1. The third-order valence-electron chi connectivity index (χ3n) is 3.70. The van der Waals surface area contributed by atoms with E-state index in [-0.39, 0.29) is 10.7 Å². The van der Waals surface area contributed by atoms with Gasteiger partial charge in [-0.15, -0.1) is 0 Å². The third kappa shape index (κ3) is 5.58. The number of carbonyl (C=O) groups is 1. The van der Waals surface area contributed by atoms with Gasteiger partial charge in [0.05, 0.1) is 16.3 Å². The Balaban J connectivity index is 1.84. The first-order valence-electron chi connectivity index (χ1n) is 7.50. The Morgan fingerprint density at radius 2 is 1.91 bits per heavy atom. The lowest BCUT2D eigenvalue weighted by Gasteiger charge is -2.26. The van der Waals surface area contributed by atoms with Gasteiger partial charge >= 0.3 is 12.2 Å². The minimum Gasteiger partial charge on any atom is -0.337 e. The Morgan fingerprint density at radius 3 is 2.57 bits per heavy atom. The highest BCUT2D eigenvalue weighted by atomic mass is 35.5. The Morgan fingerprint density at radius 1 is 1.22 bits per heavy atom. The maximum absolute atomic E-state index is 12.7.